The first-order valence-electron chi connectivity index (χ1n) is 11.6. The summed E-state index contributed by atoms with van der Waals surface area (Å²) in [5, 5.41) is 3.04. The van der Waals surface area contributed by atoms with Crippen molar-refractivity contribution in [3.63, 3.8) is 0 Å². The number of nitrogens with zero attached hydrogens (tertiary/aromatic N) is 4. The topological polar surface area (TPSA) is 108 Å². The van der Waals surface area contributed by atoms with Gasteiger partial charge in [0, 0.05) is 50.8 Å². The van der Waals surface area contributed by atoms with Gasteiger partial charge >= 0.3 is 6.03 Å². The molecule has 5 rings (SSSR count). The van der Waals surface area contributed by atoms with Crippen LogP contribution in [0.1, 0.15) is 18.5 Å². The minimum Gasteiger partial charge on any atom is -0.453 e. The number of rotatable bonds is 9. The molecule has 3 N–H and O–H groups in total. The fraction of sp³-hybridized carbons (Fsp3) is 0.320. The average molecular weight is 511 g/mol. The van der Waals surface area contributed by atoms with Crippen molar-refractivity contribution in [3.05, 3.63) is 54.2 Å². The Morgan fingerprint density at radius 1 is 1.28 bits per heavy atom. The number of methoxy groups -OCH3 is 1. The zero-order valence-electron chi connectivity index (χ0n) is 20.0. The molecule has 11 heteroatoms. The van der Waals surface area contributed by atoms with E-state index < -0.39 is 5.82 Å². The van der Waals surface area contributed by atoms with E-state index in [0.717, 1.165) is 39.5 Å². The maximum absolute atomic E-state index is 14.3. The number of hydrogen-bond donors (Lipinski definition) is 2. The number of urea groups is 1. The number of imidazole rings is 1. The molecule has 188 valence electrons. The van der Waals surface area contributed by atoms with Gasteiger partial charge in [-0.3, -0.25) is 4.98 Å². The molecule has 3 heterocycles. The average Bonchev–Trinajstić information content (AvgIpc) is 3.44. The Balaban J connectivity index is 1.40. The second-order valence-electron chi connectivity index (χ2n) is 8.70. The molecule has 0 radical (unpaired) electrons. The highest BCUT2D eigenvalue weighted by Gasteiger charge is 2.26. The van der Waals surface area contributed by atoms with Crippen LogP contribution in [0.25, 0.3) is 20.9 Å². The molecule has 1 aliphatic rings. The van der Waals surface area contributed by atoms with Crippen molar-refractivity contribution in [1.82, 2.24) is 24.8 Å². The van der Waals surface area contributed by atoms with Crippen LogP contribution in [0, 0.1) is 5.82 Å². The number of nitrogens with two attached hydrogens (primary N) is 1. The van der Waals surface area contributed by atoms with Crippen LogP contribution >= 0.6 is 11.3 Å². The van der Waals surface area contributed by atoms with E-state index in [1.165, 1.54) is 23.5 Å². The Morgan fingerprint density at radius 2 is 2.11 bits per heavy atom. The number of carbonyl (C=O) groups is 1. The number of halogens is 1. The van der Waals surface area contributed by atoms with Gasteiger partial charge in [0.1, 0.15) is 11.6 Å². The first-order valence-corrected chi connectivity index (χ1v) is 12.4. The van der Waals surface area contributed by atoms with Crippen LogP contribution in [0.4, 0.5) is 14.9 Å². The molecule has 1 saturated carbocycles. The Hall–Kier alpha value is -3.70. The molecule has 9 nitrogen and oxygen atoms in total. The minimum absolute atomic E-state index is 0.0894. The largest absolute Gasteiger partial charge is 0.453 e. The summed E-state index contributed by atoms with van der Waals surface area (Å²) < 4.78 is 28.1. The van der Waals surface area contributed by atoms with Crippen LogP contribution in [-0.2, 0) is 18.3 Å². The third-order valence-electron chi connectivity index (χ3n) is 5.97. The van der Waals surface area contributed by atoms with Crippen molar-refractivity contribution in [2.75, 3.05) is 26.0 Å². The van der Waals surface area contributed by atoms with Crippen LogP contribution in [0.15, 0.2) is 42.7 Å². The van der Waals surface area contributed by atoms with E-state index in [9.17, 15) is 9.18 Å². The number of pyridine rings is 1. The fourth-order valence-electron chi connectivity index (χ4n) is 3.79. The van der Waals surface area contributed by atoms with Gasteiger partial charge in [-0.05, 0) is 31.0 Å². The predicted octanol–water partition coefficient (Wildman–Crippen LogP) is 4.53. The zero-order chi connectivity index (χ0) is 25.2. The van der Waals surface area contributed by atoms with Gasteiger partial charge in [0.05, 0.1) is 40.1 Å². The molecule has 0 saturated heterocycles. The lowest BCUT2D eigenvalue weighted by Gasteiger charge is -2.23. The number of nitrogens with one attached hydrogen (secondary N) is 1. The highest BCUT2D eigenvalue weighted by atomic mass is 32.1. The molecule has 0 bridgehead atoms. The monoisotopic (exact) mass is 510 g/mol. The molecule has 36 heavy (non-hydrogen) atoms. The summed E-state index contributed by atoms with van der Waals surface area (Å²) >= 11 is 1.46. The number of aromatic nitrogens is 3. The number of ether oxygens (including phenoxy) is 2. The normalized spacial score (nSPS) is 13.2. The lowest BCUT2D eigenvalue weighted by atomic mass is 10.3. The second-order valence-corrected chi connectivity index (χ2v) is 9.75. The first-order chi connectivity index (χ1) is 17.4. The van der Waals surface area contributed by atoms with Crippen molar-refractivity contribution in [3.8, 4) is 22.2 Å². The zero-order valence-corrected chi connectivity index (χ0v) is 20.8. The summed E-state index contributed by atoms with van der Waals surface area (Å²) in [7, 11) is 3.54. The van der Waals surface area contributed by atoms with E-state index in [0.29, 0.717) is 31.1 Å². The Bertz CT molecular complexity index is 1400. The Labute approximate surface area is 211 Å². The number of hydrogen-bond acceptors (Lipinski definition) is 7. The van der Waals surface area contributed by atoms with Crippen LogP contribution < -0.4 is 15.8 Å². The SMILES string of the molecule is COCCN(Cc1cnc(-c2cc3nccc(Oc4ccc(N)cc4F)c3s2)n1C)C(=O)NC1CC1. The molecule has 2 amide bonds. The molecule has 0 spiro atoms. The van der Waals surface area contributed by atoms with Crippen LogP contribution in [-0.4, -0.2) is 51.8 Å². The molecule has 0 atom stereocenters. The molecule has 0 unspecified atom stereocenters. The van der Waals surface area contributed by atoms with Gasteiger partial charge in [0.2, 0.25) is 0 Å². The van der Waals surface area contributed by atoms with E-state index in [1.54, 1.807) is 36.5 Å². The second kappa shape index (κ2) is 10.1. The maximum atomic E-state index is 14.3. The van der Waals surface area contributed by atoms with Crippen molar-refractivity contribution in [2.45, 2.75) is 25.4 Å². The van der Waals surface area contributed by atoms with E-state index in [4.69, 9.17) is 15.2 Å². The standard InChI is InChI=1S/C25H27FN6O3S/c1-31-17(14-32(9-10-34-2)25(33)30-16-4-5-16)13-29-24(31)22-12-19-23(36-22)21(7-8-28-19)35-20-6-3-15(27)11-18(20)26/h3,6-8,11-13,16H,4-5,9-10,14,27H2,1-2H3,(H,30,33). The van der Waals surface area contributed by atoms with Crippen LogP contribution in [0.3, 0.4) is 0 Å². The van der Waals surface area contributed by atoms with Crippen molar-refractivity contribution in [1.29, 1.82) is 0 Å². The summed E-state index contributed by atoms with van der Waals surface area (Å²) in [6.45, 7) is 1.33. The number of amides is 2. The van der Waals surface area contributed by atoms with E-state index >= 15 is 0 Å². The number of benzene rings is 1. The minimum atomic E-state index is -0.533. The quantitative estimate of drug-likeness (QED) is 0.320. The number of carbonyl (C=O) groups excluding carboxylic acids is 1. The van der Waals surface area contributed by atoms with Crippen LogP contribution in [0.2, 0.25) is 0 Å². The van der Waals surface area contributed by atoms with Gasteiger partial charge in [-0.15, -0.1) is 11.3 Å². The number of fused-ring (bicyclic) bond motifs is 1. The van der Waals surface area contributed by atoms with Gasteiger partial charge in [0.15, 0.2) is 11.6 Å². The maximum Gasteiger partial charge on any atom is 0.318 e. The van der Waals surface area contributed by atoms with E-state index in [1.807, 2.05) is 17.7 Å². The summed E-state index contributed by atoms with van der Waals surface area (Å²) in [6, 6.07) is 8.13. The third kappa shape index (κ3) is 5.12. The van der Waals surface area contributed by atoms with E-state index in [2.05, 4.69) is 15.3 Å². The van der Waals surface area contributed by atoms with Gasteiger partial charge in [0.25, 0.3) is 0 Å². The number of thiophene rings is 1. The molecule has 4 aromatic rings. The van der Waals surface area contributed by atoms with Crippen LogP contribution in [0.5, 0.6) is 11.5 Å². The molecule has 1 aliphatic carbocycles. The van der Waals surface area contributed by atoms with Crippen molar-refractivity contribution in [2.24, 2.45) is 7.05 Å². The molecular formula is C25H27FN6O3S. The summed E-state index contributed by atoms with van der Waals surface area (Å²) in [4.78, 5) is 24.4. The van der Waals surface area contributed by atoms with Gasteiger partial charge < -0.3 is 30.0 Å². The highest BCUT2D eigenvalue weighted by Crippen LogP contribution is 2.39. The van der Waals surface area contributed by atoms with E-state index in [-0.39, 0.29) is 17.8 Å². The lowest BCUT2D eigenvalue weighted by Crippen LogP contribution is -2.42. The number of nitrogen functional groups attached to an aromatic ring is 1. The van der Waals surface area contributed by atoms with Crippen molar-refractivity contribution < 1.29 is 18.7 Å². The predicted molar refractivity (Wildman–Crippen MR) is 137 cm³/mol. The van der Waals surface area contributed by atoms with Gasteiger partial charge in [-0.25, -0.2) is 14.2 Å². The summed E-state index contributed by atoms with van der Waals surface area (Å²) in [6.07, 6.45) is 5.45. The first kappa shape index (κ1) is 24.0. The lowest BCUT2D eigenvalue weighted by molar-refractivity contribution is 0.145. The molecule has 1 fully saturated rings. The molecule has 3 aromatic heterocycles. The van der Waals surface area contributed by atoms with Crippen molar-refractivity contribution >= 4 is 33.3 Å². The fourth-order valence-corrected chi connectivity index (χ4v) is 4.89. The smallest absolute Gasteiger partial charge is 0.318 e. The third-order valence-corrected chi connectivity index (χ3v) is 7.10. The Kier molecular flexibility index (Phi) is 6.75. The number of anilines is 1. The van der Waals surface area contributed by atoms with Gasteiger partial charge in [-0.2, -0.15) is 0 Å². The molecule has 1 aromatic carbocycles. The molecular weight excluding hydrogens is 483 g/mol. The Morgan fingerprint density at radius 3 is 2.86 bits per heavy atom. The summed E-state index contributed by atoms with van der Waals surface area (Å²) in [5.41, 5.74) is 7.58. The molecule has 0 aliphatic heterocycles. The highest BCUT2D eigenvalue weighted by molar-refractivity contribution is 7.22. The summed E-state index contributed by atoms with van der Waals surface area (Å²) in [5.74, 6) is 0.796. The van der Waals surface area contributed by atoms with Gasteiger partial charge in [-0.1, -0.05) is 0 Å².